The Hall–Kier alpha value is -1.55. The van der Waals surface area contributed by atoms with Crippen molar-refractivity contribution in [3.05, 3.63) is 35.9 Å². The van der Waals surface area contributed by atoms with Gasteiger partial charge in [0.15, 0.2) is 0 Å². The summed E-state index contributed by atoms with van der Waals surface area (Å²) in [4.78, 5) is 13.8. The van der Waals surface area contributed by atoms with E-state index in [-0.39, 0.29) is 11.5 Å². The van der Waals surface area contributed by atoms with E-state index in [9.17, 15) is 4.79 Å². The van der Waals surface area contributed by atoms with Crippen molar-refractivity contribution in [3.63, 3.8) is 0 Å². The molecule has 0 saturated carbocycles. The normalized spacial score (nSPS) is 23.2. The van der Waals surface area contributed by atoms with Gasteiger partial charge in [0, 0.05) is 13.1 Å². The van der Waals surface area contributed by atoms with Gasteiger partial charge in [0.05, 0.1) is 0 Å². The van der Waals surface area contributed by atoms with Crippen LogP contribution in [0.1, 0.15) is 25.3 Å². The summed E-state index contributed by atoms with van der Waals surface area (Å²) in [5.41, 5.74) is 6.83. The molecule has 1 aliphatic heterocycles. The van der Waals surface area contributed by atoms with Crippen LogP contribution in [0.15, 0.2) is 30.3 Å². The van der Waals surface area contributed by atoms with E-state index in [0.29, 0.717) is 19.7 Å². The maximum Gasteiger partial charge on any atom is 0.410 e. The maximum atomic E-state index is 12.0. The van der Waals surface area contributed by atoms with Gasteiger partial charge in [0.1, 0.15) is 6.61 Å². The van der Waals surface area contributed by atoms with E-state index in [4.69, 9.17) is 10.5 Å². The lowest BCUT2D eigenvalue weighted by molar-refractivity contribution is 0.0599. The molecule has 4 nitrogen and oxygen atoms in total. The van der Waals surface area contributed by atoms with Gasteiger partial charge in [0.2, 0.25) is 0 Å². The number of nitrogens with two attached hydrogens (primary N) is 1. The van der Waals surface area contributed by atoms with Gasteiger partial charge in [-0.2, -0.15) is 0 Å². The number of rotatable bonds is 3. The Bertz CT molecular complexity index is 421. The number of hydrogen-bond acceptors (Lipinski definition) is 3. The van der Waals surface area contributed by atoms with Crippen molar-refractivity contribution >= 4 is 6.09 Å². The molecule has 0 aromatic heterocycles. The minimum absolute atomic E-state index is 0.0318. The average molecular weight is 262 g/mol. The summed E-state index contributed by atoms with van der Waals surface area (Å²) in [5, 5.41) is 0. The molecular formula is C15H22N2O2. The van der Waals surface area contributed by atoms with E-state index in [0.717, 1.165) is 24.9 Å². The Balaban J connectivity index is 1.86. The summed E-state index contributed by atoms with van der Waals surface area (Å²) in [7, 11) is 0. The first-order valence-corrected chi connectivity index (χ1v) is 6.79. The van der Waals surface area contributed by atoms with E-state index in [2.05, 4.69) is 6.92 Å². The van der Waals surface area contributed by atoms with Gasteiger partial charge in [-0.25, -0.2) is 4.79 Å². The maximum absolute atomic E-state index is 12.0. The number of ether oxygens (including phenoxy) is 1. The molecule has 0 radical (unpaired) electrons. The molecule has 104 valence electrons. The smallest absolute Gasteiger partial charge is 0.410 e. The molecule has 2 rings (SSSR count). The monoisotopic (exact) mass is 262 g/mol. The molecule has 2 N–H and O–H groups in total. The number of benzene rings is 1. The third-order valence-electron chi connectivity index (χ3n) is 3.74. The Kier molecular flexibility index (Phi) is 4.43. The first kappa shape index (κ1) is 13.9. The Morgan fingerprint density at radius 2 is 2.16 bits per heavy atom. The van der Waals surface area contributed by atoms with E-state index in [1.54, 1.807) is 4.90 Å². The topological polar surface area (TPSA) is 55.6 Å². The van der Waals surface area contributed by atoms with Crippen molar-refractivity contribution in [2.45, 2.75) is 26.4 Å². The highest BCUT2D eigenvalue weighted by atomic mass is 16.6. The van der Waals surface area contributed by atoms with Crippen molar-refractivity contribution < 1.29 is 9.53 Å². The van der Waals surface area contributed by atoms with Crippen LogP contribution in [0.5, 0.6) is 0 Å². The van der Waals surface area contributed by atoms with Gasteiger partial charge in [-0.15, -0.1) is 0 Å². The molecule has 4 heteroatoms. The highest BCUT2D eigenvalue weighted by Gasteiger charge is 2.32. The van der Waals surface area contributed by atoms with Crippen LogP contribution in [0.2, 0.25) is 0 Å². The predicted molar refractivity (Wildman–Crippen MR) is 74.6 cm³/mol. The largest absolute Gasteiger partial charge is 0.445 e. The number of carbonyl (C=O) groups excluding carboxylic acids is 1. The lowest BCUT2D eigenvalue weighted by atomic mass is 9.82. The molecule has 1 unspecified atom stereocenters. The van der Waals surface area contributed by atoms with Gasteiger partial charge in [-0.05, 0) is 30.4 Å². The standard InChI is InChI=1S/C15H22N2O2/c1-15(11-16)8-5-9-17(12-15)14(18)19-10-13-6-3-2-4-7-13/h2-4,6-7H,5,8-12,16H2,1H3. The zero-order valence-electron chi connectivity index (χ0n) is 11.5. The first-order chi connectivity index (χ1) is 9.13. The van der Waals surface area contributed by atoms with Gasteiger partial charge < -0.3 is 15.4 Å². The van der Waals surface area contributed by atoms with E-state index in [1.807, 2.05) is 30.3 Å². The second-order valence-corrected chi connectivity index (χ2v) is 5.58. The zero-order valence-corrected chi connectivity index (χ0v) is 11.5. The van der Waals surface area contributed by atoms with Crippen LogP contribution in [0.3, 0.4) is 0 Å². The first-order valence-electron chi connectivity index (χ1n) is 6.79. The number of amides is 1. The quantitative estimate of drug-likeness (QED) is 0.910. The van der Waals surface area contributed by atoms with E-state index >= 15 is 0 Å². The molecule has 0 aliphatic carbocycles. The van der Waals surface area contributed by atoms with Crippen LogP contribution in [0.4, 0.5) is 4.79 Å². The van der Waals surface area contributed by atoms with Crippen LogP contribution in [-0.4, -0.2) is 30.6 Å². The molecule has 1 fully saturated rings. The van der Waals surface area contributed by atoms with Crippen molar-refractivity contribution in [2.75, 3.05) is 19.6 Å². The predicted octanol–water partition coefficient (Wildman–Crippen LogP) is 2.38. The molecule has 1 aromatic carbocycles. The Morgan fingerprint density at radius 1 is 1.42 bits per heavy atom. The van der Waals surface area contributed by atoms with E-state index in [1.165, 1.54) is 0 Å². The fraction of sp³-hybridized carbons (Fsp3) is 0.533. The molecule has 1 saturated heterocycles. The highest BCUT2D eigenvalue weighted by molar-refractivity contribution is 5.67. The Labute approximate surface area is 114 Å². The summed E-state index contributed by atoms with van der Waals surface area (Å²) in [6.45, 7) is 4.52. The number of nitrogens with zero attached hydrogens (tertiary/aromatic N) is 1. The van der Waals surface area contributed by atoms with Crippen LogP contribution < -0.4 is 5.73 Å². The van der Waals surface area contributed by atoms with Crippen molar-refractivity contribution in [1.82, 2.24) is 4.90 Å². The molecule has 0 bridgehead atoms. The van der Waals surface area contributed by atoms with Gasteiger partial charge in [-0.1, -0.05) is 37.3 Å². The summed E-state index contributed by atoms with van der Waals surface area (Å²) >= 11 is 0. The SMILES string of the molecule is CC1(CN)CCCN(C(=O)OCc2ccccc2)C1. The molecule has 1 aromatic rings. The number of likely N-dealkylation sites (tertiary alicyclic amines) is 1. The van der Waals surface area contributed by atoms with Crippen molar-refractivity contribution in [1.29, 1.82) is 0 Å². The van der Waals surface area contributed by atoms with Crippen LogP contribution in [0.25, 0.3) is 0 Å². The lowest BCUT2D eigenvalue weighted by Gasteiger charge is -2.39. The number of hydrogen-bond donors (Lipinski definition) is 1. The zero-order chi connectivity index (χ0) is 13.7. The van der Waals surface area contributed by atoms with Crippen LogP contribution in [-0.2, 0) is 11.3 Å². The summed E-state index contributed by atoms with van der Waals surface area (Å²) in [6, 6.07) is 9.73. The van der Waals surface area contributed by atoms with E-state index < -0.39 is 0 Å². The van der Waals surface area contributed by atoms with Crippen molar-refractivity contribution in [3.8, 4) is 0 Å². The van der Waals surface area contributed by atoms with Gasteiger partial charge >= 0.3 is 6.09 Å². The third kappa shape index (κ3) is 3.70. The Morgan fingerprint density at radius 3 is 2.84 bits per heavy atom. The molecule has 1 heterocycles. The van der Waals surface area contributed by atoms with Crippen LogP contribution >= 0.6 is 0 Å². The van der Waals surface area contributed by atoms with Crippen molar-refractivity contribution in [2.24, 2.45) is 11.1 Å². The summed E-state index contributed by atoms with van der Waals surface area (Å²) in [5.74, 6) is 0. The molecule has 1 aliphatic rings. The third-order valence-corrected chi connectivity index (χ3v) is 3.74. The summed E-state index contributed by atoms with van der Waals surface area (Å²) < 4.78 is 5.35. The minimum atomic E-state index is -0.233. The molecule has 1 atom stereocenters. The fourth-order valence-corrected chi connectivity index (χ4v) is 2.45. The molecule has 0 spiro atoms. The van der Waals surface area contributed by atoms with Gasteiger partial charge in [0.25, 0.3) is 0 Å². The van der Waals surface area contributed by atoms with Gasteiger partial charge in [-0.3, -0.25) is 0 Å². The highest BCUT2D eigenvalue weighted by Crippen LogP contribution is 2.28. The molecule has 1 amide bonds. The summed E-state index contributed by atoms with van der Waals surface area (Å²) in [6.07, 6.45) is 1.84. The lowest BCUT2D eigenvalue weighted by Crippen LogP contribution is -2.48. The number of piperidine rings is 1. The second-order valence-electron chi connectivity index (χ2n) is 5.58. The minimum Gasteiger partial charge on any atom is -0.445 e. The number of carbonyl (C=O) groups is 1. The molecular weight excluding hydrogens is 240 g/mol. The fourth-order valence-electron chi connectivity index (χ4n) is 2.45. The van der Waals surface area contributed by atoms with Crippen LogP contribution in [0, 0.1) is 5.41 Å². The average Bonchev–Trinajstić information content (AvgIpc) is 2.46. The molecule has 19 heavy (non-hydrogen) atoms. The second kappa shape index (κ2) is 6.06.